The van der Waals surface area contributed by atoms with E-state index in [0.717, 1.165) is 0 Å². The number of halogens is 1. The van der Waals surface area contributed by atoms with Crippen LogP contribution >= 0.6 is 22.6 Å². The monoisotopic (exact) mass is 430 g/mol. The van der Waals surface area contributed by atoms with E-state index in [1.807, 2.05) is 0 Å². The number of carbonyl (C=O) groups is 3. The largest absolute Gasteiger partial charge is 0.457 e. The van der Waals surface area contributed by atoms with Gasteiger partial charge in [-0.1, -0.05) is 22.6 Å². The van der Waals surface area contributed by atoms with Gasteiger partial charge in [-0.05, 0) is 0 Å². The normalized spacial score (nSPS) is 31.2. The van der Waals surface area contributed by atoms with Gasteiger partial charge in [0.05, 0.1) is 0 Å². The number of methoxy groups -OCH3 is 1. The molecule has 0 N–H and O–H groups in total. The first-order valence-corrected chi connectivity index (χ1v) is 8.08. The van der Waals surface area contributed by atoms with Gasteiger partial charge in [0, 0.05) is 32.3 Å². The summed E-state index contributed by atoms with van der Waals surface area (Å²) in [5, 5.41) is 0. The van der Waals surface area contributed by atoms with E-state index in [2.05, 4.69) is 22.6 Å². The molecule has 8 nitrogen and oxygen atoms in total. The molecule has 1 rings (SSSR count). The van der Waals surface area contributed by atoms with Crippen molar-refractivity contribution in [2.45, 2.75) is 51.5 Å². The highest BCUT2D eigenvalue weighted by Gasteiger charge is 2.51. The fourth-order valence-electron chi connectivity index (χ4n) is 2.18. The smallest absolute Gasteiger partial charge is 0.305 e. The summed E-state index contributed by atoms with van der Waals surface area (Å²) in [5.74, 6) is -1.70. The predicted molar refractivity (Wildman–Crippen MR) is 81.2 cm³/mol. The topological polar surface area (TPSA) is 97.4 Å². The maximum Gasteiger partial charge on any atom is 0.305 e. The minimum absolute atomic E-state index is 0.458. The van der Waals surface area contributed by atoms with Crippen molar-refractivity contribution < 1.29 is 38.1 Å². The molecule has 9 heteroatoms. The van der Waals surface area contributed by atoms with E-state index in [4.69, 9.17) is 23.7 Å². The van der Waals surface area contributed by atoms with E-state index in [9.17, 15) is 14.4 Å². The molecule has 0 aromatic rings. The Kier molecular flexibility index (Phi) is 7.49. The summed E-state index contributed by atoms with van der Waals surface area (Å²) in [6.45, 7) is 3.69. The van der Waals surface area contributed by atoms with E-state index >= 15 is 0 Å². The third-order valence-corrected chi connectivity index (χ3v) is 3.77. The van der Waals surface area contributed by atoms with Crippen LogP contribution in [0.1, 0.15) is 20.8 Å². The maximum atomic E-state index is 11.3. The van der Waals surface area contributed by atoms with Crippen molar-refractivity contribution in [1.29, 1.82) is 0 Å². The third kappa shape index (κ3) is 5.06. The first-order chi connectivity index (χ1) is 10.3. The number of rotatable bonds is 5. The number of hydrogen-bond donors (Lipinski definition) is 0. The summed E-state index contributed by atoms with van der Waals surface area (Å²) >= 11 is 2.05. The molecule has 0 aromatic heterocycles. The lowest BCUT2D eigenvalue weighted by molar-refractivity contribution is -0.292. The molecule has 1 heterocycles. The zero-order chi connectivity index (χ0) is 16.9. The Balaban J connectivity index is 3.09. The van der Waals surface area contributed by atoms with E-state index in [0.29, 0.717) is 4.43 Å². The Morgan fingerprint density at radius 1 is 0.909 bits per heavy atom. The highest BCUT2D eigenvalue weighted by Crippen LogP contribution is 2.29. The molecule has 1 aliphatic heterocycles. The molecule has 0 saturated carbocycles. The van der Waals surface area contributed by atoms with E-state index in [-0.39, 0.29) is 0 Å². The molecule has 1 fully saturated rings. The van der Waals surface area contributed by atoms with Gasteiger partial charge in [0.1, 0.15) is 12.2 Å². The third-order valence-electron chi connectivity index (χ3n) is 2.90. The van der Waals surface area contributed by atoms with Crippen LogP contribution in [0.15, 0.2) is 0 Å². The average Bonchev–Trinajstić information content (AvgIpc) is 2.40. The zero-order valence-corrected chi connectivity index (χ0v) is 14.9. The zero-order valence-electron chi connectivity index (χ0n) is 12.7. The summed E-state index contributed by atoms with van der Waals surface area (Å²) in [4.78, 5) is 33.8. The molecule has 5 atom stereocenters. The van der Waals surface area contributed by atoms with Gasteiger partial charge in [-0.3, -0.25) is 14.4 Å². The first kappa shape index (κ1) is 19.1. The molecule has 0 aliphatic carbocycles. The molecule has 0 aromatic carbocycles. The van der Waals surface area contributed by atoms with Crippen LogP contribution in [0.3, 0.4) is 0 Å². The molecular formula is C13H19IO8. The number of hydrogen-bond acceptors (Lipinski definition) is 8. The number of alkyl halides is 1. The van der Waals surface area contributed by atoms with Gasteiger partial charge in [0.15, 0.2) is 12.2 Å². The average molecular weight is 430 g/mol. The molecule has 0 radical (unpaired) electrons. The highest BCUT2D eigenvalue weighted by molar-refractivity contribution is 14.1. The van der Waals surface area contributed by atoms with Crippen LogP contribution in [0.2, 0.25) is 0 Å². The summed E-state index contributed by atoms with van der Waals surface area (Å²) in [6, 6.07) is 0. The first-order valence-electron chi connectivity index (χ1n) is 6.56. The number of carbonyl (C=O) groups excluding carboxylic acids is 3. The van der Waals surface area contributed by atoms with Crippen molar-refractivity contribution in [3.05, 3.63) is 0 Å². The van der Waals surface area contributed by atoms with Gasteiger partial charge in [-0.25, -0.2) is 0 Å². The molecular weight excluding hydrogens is 411 g/mol. The Morgan fingerprint density at radius 3 is 1.82 bits per heavy atom. The standard InChI is InChI=1S/C13H19IO8/c1-6(15)19-10-9(5-14)22-13(21-8(3)17)12(11(10)18-4)20-7(2)16/h9-13H,5H2,1-4H3/t9-,10+,11-,12-,13+/m1/s1. The molecule has 0 spiro atoms. The van der Waals surface area contributed by atoms with Gasteiger partial charge in [-0.15, -0.1) is 0 Å². The quantitative estimate of drug-likeness (QED) is 0.271. The van der Waals surface area contributed by atoms with Gasteiger partial charge in [0.2, 0.25) is 6.29 Å². The number of esters is 3. The van der Waals surface area contributed by atoms with Crippen LogP contribution in [0.25, 0.3) is 0 Å². The van der Waals surface area contributed by atoms with Crippen molar-refractivity contribution in [2.24, 2.45) is 0 Å². The summed E-state index contributed by atoms with van der Waals surface area (Å²) in [5.41, 5.74) is 0. The predicted octanol–water partition coefficient (Wildman–Crippen LogP) is 0.588. The minimum Gasteiger partial charge on any atom is -0.457 e. The van der Waals surface area contributed by atoms with Crippen LogP contribution in [-0.2, 0) is 38.1 Å². The van der Waals surface area contributed by atoms with E-state index in [1.54, 1.807) is 0 Å². The van der Waals surface area contributed by atoms with Crippen LogP contribution in [-0.4, -0.2) is 60.2 Å². The fourth-order valence-corrected chi connectivity index (χ4v) is 2.89. The van der Waals surface area contributed by atoms with Crippen LogP contribution in [0, 0.1) is 0 Å². The van der Waals surface area contributed by atoms with Gasteiger partial charge in [-0.2, -0.15) is 0 Å². The molecule has 1 aliphatic rings. The summed E-state index contributed by atoms with van der Waals surface area (Å²) in [6.07, 6.45) is -4.32. The van der Waals surface area contributed by atoms with E-state index < -0.39 is 48.6 Å². The Labute approximate surface area is 141 Å². The molecule has 0 bridgehead atoms. The van der Waals surface area contributed by atoms with E-state index in [1.165, 1.54) is 27.9 Å². The highest BCUT2D eigenvalue weighted by atomic mass is 127. The van der Waals surface area contributed by atoms with Crippen LogP contribution < -0.4 is 0 Å². The SMILES string of the molecule is CO[C@@H]1[C@@H](OC(C)=O)[C@@H](CI)O[C@H](OC(C)=O)[C@@H]1OC(C)=O. The molecule has 22 heavy (non-hydrogen) atoms. The Hall–Kier alpha value is -0.940. The number of ether oxygens (including phenoxy) is 5. The van der Waals surface area contributed by atoms with Crippen molar-refractivity contribution in [1.82, 2.24) is 0 Å². The molecule has 1 saturated heterocycles. The van der Waals surface area contributed by atoms with Crippen LogP contribution in [0.4, 0.5) is 0 Å². The lowest BCUT2D eigenvalue weighted by Crippen LogP contribution is -2.62. The van der Waals surface area contributed by atoms with Crippen molar-refractivity contribution in [3.63, 3.8) is 0 Å². The summed E-state index contributed by atoms with van der Waals surface area (Å²) < 4.78 is 26.9. The Morgan fingerprint density at radius 2 is 1.41 bits per heavy atom. The fraction of sp³-hybridized carbons (Fsp3) is 0.769. The van der Waals surface area contributed by atoms with Crippen molar-refractivity contribution >= 4 is 40.5 Å². The van der Waals surface area contributed by atoms with Crippen LogP contribution in [0.5, 0.6) is 0 Å². The summed E-state index contributed by atoms with van der Waals surface area (Å²) in [7, 11) is 1.39. The van der Waals surface area contributed by atoms with Gasteiger partial charge >= 0.3 is 17.9 Å². The molecule has 0 amide bonds. The van der Waals surface area contributed by atoms with Crippen molar-refractivity contribution in [3.8, 4) is 0 Å². The van der Waals surface area contributed by atoms with Crippen molar-refractivity contribution in [2.75, 3.05) is 11.5 Å². The molecule has 0 unspecified atom stereocenters. The molecule has 126 valence electrons. The van der Waals surface area contributed by atoms with Gasteiger partial charge in [0.25, 0.3) is 0 Å². The second-order valence-corrected chi connectivity index (χ2v) is 5.54. The lowest BCUT2D eigenvalue weighted by atomic mass is 9.99. The maximum absolute atomic E-state index is 11.3. The lowest BCUT2D eigenvalue weighted by Gasteiger charge is -2.43. The second-order valence-electron chi connectivity index (χ2n) is 4.66. The second kappa shape index (κ2) is 8.63. The van der Waals surface area contributed by atoms with Gasteiger partial charge < -0.3 is 23.7 Å². The Bertz CT molecular complexity index is 426. The minimum atomic E-state index is -1.13.